The van der Waals surface area contributed by atoms with Crippen LogP contribution in [0.1, 0.15) is 65.0 Å². The van der Waals surface area contributed by atoms with Gasteiger partial charge in [0.05, 0.1) is 0 Å². The molecule has 0 aliphatic rings. The summed E-state index contributed by atoms with van der Waals surface area (Å²) in [5, 5.41) is 0. The van der Waals surface area contributed by atoms with E-state index in [2.05, 4.69) is 93.8 Å². The number of nitrogens with zero attached hydrogens (tertiary/aromatic N) is 2. The molecule has 148 valence electrons. The molecule has 0 saturated carbocycles. The van der Waals surface area contributed by atoms with Crippen molar-refractivity contribution in [3.8, 4) is 11.1 Å². The van der Waals surface area contributed by atoms with Gasteiger partial charge in [-0.15, -0.1) is 0 Å². The minimum Gasteiger partial charge on any atom is -0.375 e. The van der Waals surface area contributed by atoms with Gasteiger partial charge in [0.15, 0.2) is 0 Å². The first kappa shape index (κ1) is 24.7. The van der Waals surface area contributed by atoms with Crippen molar-refractivity contribution in [2.45, 2.75) is 60.4 Å². The SMILES string of the molecule is C=N/C=C\N(C)Cc1cc(-c2ccccc2)ccc1C(C)C.CC.CCC. The van der Waals surface area contributed by atoms with Crippen LogP contribution in [0.4, 0.5) is 0 Å². The van der Waals surface area contributed by atoms with Crippen LogP contribution in [0.25, 0.3) is 11.1 Å². The quantitative estimate of drug-likeness (QED) is 0.483. The van der Waals surface area contributed by atoms with Crippen molar-refractivity contribution >= 4 is 6.72 Å². The zero-order chi connectivity index (χ0) is 20.7. The molecule has 2 nitrogen and oxygen atoms in total. The van der Waals surface area contributed by atoms with Crippen molar-refractivity contribution in [2.24, 2.45) is 4.99 Å². The van der Waals surface area contributed by atoms with E-state index in [1.54, 1.807) is 6.20 Å². The van der Waals surface area contributed by atoms with Gasteiger partial charge in [0, 0.05) is 26.0 Å². The smallest absolute Gasteiger partial charge is 0.0424 e. The molecule has 0 aromatic heterocycles. The molecule has 0 aliphatic carbocycles. The van der Waals surface area contributed by atoms with E-state index in [0.717, 1.165) is 6.54 Å². The summed E-state index contributed by atoms with van der Waals surface area (Å²) in [7, 11) is 2.06. The molecule has 0 N–H and O–H groups in total. The zero-order valence-electron chi connectivity index (χ0n) is 18.4. The summed E-state index contributed by atoms with van der Waals surface area (Å²) in [5.74, 6) is 0.509. The van der Waals surface area contributed by atoms with Gasteiger partial charge in [0.25, 0.3) is 0 Å². The van der Waals surface area contributed by atoms with E-state index in [4.69, 9.17) is 0 Å². The second-order valence-electron chi connectivity index (χ2n) is 6.54. The molecule has 0 saturated heterocycles. The molecule has 2 heteroatoms. The van der Waals surface area contributed by atoms with Crippen LogP contribution < -0.4 is 0 Å². The highest BCUT2D eigenvalue weighted by Gasteiger charge is 2.09. The second-order valence-corrected chi connectivity index (χ2v) is 6.54. The van der Waals surface area contributed by atoms with E-state index in [1.807, 2.05) is 26.1 Å². The molecule has 0 aliphatic heterocycles. The van der Waals surface area contributed by atoms with Gasteiger partial charge in [0.1, 0.15) is 0 Å². The predicted octanol–water partition coefficient (Wildman–Crippen LogP) is 7.52. The van der Waals surface area contributed by atoms with Crippen LogP contribution in [-0.2, 0) is 6.54 Å². The van der Waals surface area contributed by atoms with Crippen molar-refractivity contribution in [1.29, 1.82) is 0 Å². The zero-order valence-corrected chi connectivity index (χ0v) is 18.4. The average Bonchev–Trinajstić information content (AvgIpc) is 2.69. The normalized spacial score (nSPS) is 9.93. The van der Waals surface area contributed by atoms with E-state index in [-0.39, 0.29) is 0 Å². The first-order chi connectivity index (χ1) is 13.0. The lowest BCUT2D eigenvalue weighted by Gasteiger charge is -2.20. The number of hydrogen-bond acceptors (Lipinski definition) is 2. The molecule has 0 bridgehead atoms. The highest BCUT2D eigenvalue weighted by atomic mass is 15.1. The minimum atomic E-state index is 0.509. The van der Waals surface area contributed by atoms with E-state index >= 15 is 0 Å². The maximum atomic E-state index is 3.77. The van der Waals surface area contributed by atoms with Crippen LogP contribution in [0.3, 0.4) is 0 Å². The molecule has 2 rings (SSSR count). The molecule has 2 aromatic carbocycles. The third-order valence-corrected chi connectivity index (χ3v) is 3.72. The molecular weight excluding hydrogens is 328 g/mol. The number of hydrogen-bond donors (Lipinski definition) is 0. The van der Waals surface area contributed by atoms with Crippen molar-refractivity contribution in [1.82, 2.24) is 4.90 Å². The van der Waals surface area contributed by atoms with E-state index in [0.29, 0.717) is 5.92 Å². The first-order valence-electron chi connectivity index (χ1n) is 10.0. The molecule has 0 atom stereocenters. The van der Waals surface area contributed by atoms with E-state index < -0.39 is 0 Å². The van der Waals surface area contributed by atoms with Crippen LogP contribution in [0.2, 0.25) is 0 Å². The highest BCUT2D eigenvalue weighted by Crippen LogP contribution is 2.27. The van der Waals surface area contributed by atoms with Gasteiger partial charge < -0.3 is 4.90 Å². The maximum Gasteiger partial charge on any atom is 0.0424 e. The summed E-state index contributed by atoms with van der Waals surface area (Å²) in [4.78, 5) is 5.90. The van der Waals surface area contributed by atoms with Crippen LogP contribution in [0.15, 0.2) is 65.9 Å². The molecule has 0 spiro atoms. The Hall–Kier alpha value is -2.35. The lowest BCUT2D eigenvalue weighted by molar-refractivity contribution is 0.447. The molecular formula is C25H38N2. The Bertz CT molecular complexity index is 657. The average molecular weight is 367 g/mol. The summed E-state index contributed by atoms with van der Waals surface area (Å²) in [6.45, 7) is 17.1. The van der Waals surface area contributed by atoms with Crippen molar-refractivity contribution < 1.29 is 0 Å². The molecule has 0 radical (unpaired) electrons. The summed E-state index contributed by atoms with van der Waals surface area (Å²) in [6, 6.07) is 17.3. The van der Waals surface area contributed by atoms with Gasteiger partial charge in [-0.3, -0.25) is 4.99 Å². The number of aliphatic imine (C=N–C) groups is 1. The Labute approximate surface area is 167 Å². The Morgan fingerprint density at radius 2 is 1.59 bits per heavy atom. The lowest BCUT2D eigenvalue weighted by Crippen LogP contribution is -2.12. The fourth-order valence-electron chi connectivity index (χ4n) is 2.60. The third kappa shape index (κ3) is 9.23. The Kier molecular flexibility index (Phi) is 13.5. The summed E-state index contributed by atoms with van der Waals surface area (Å²) < 4.78 is 0. The van der Waals surface area contributed by atoms with Crippen LogP contribution in [-0.4, -0.2) is 18.7 Å². The minimum absolute atomic E-state index is 0.509. The van der Waals surface area contributed by atoms with Crippen LogP contribution >= 0.6 is 0 Å². The predicted molar refractivity (Wildman–Crippen MR) is 123 cm³/mol. The molecule has 2 aromatic rings. The topological polar surface area (TPSA) is 15.6 Å². The number of rotatable bonds is 6. The van der Waals surface area contributed by atoms with Gasteiger partial charge in [-0.2, -0.15) is 0 Å². The fraction of sp³-hybridized carbons (Fsp3) is 0.400. The number of benzene rings is 2. The summed E-state index contributed by atoms with van der Waals surface area (Å²) in [5.41, 5.74) is 5.27. The van der Waals surface area contributed by atoms with Gasteiger partial charge >= 0.3 is 0 Å². The van der Waals surface area contributed by atoms with Gasteiger partial charge in [-0.1, -0.05) is 90.4 Å². The lowest BCUT2D eigenvalue weighted by atomic mass is 9.93. The molecule has 0 unspecified atom stereocenters. The Balaban J connectivity index is 0.00000123. The third-order valence-electron chi connectivity index (χ3n) is 3.72. The monoisotopic (exact) mass is 366 g/mol. The van der Waals surface area contributed by atoms with E-state index in [9.17, 15) is 0 Å². The van der Waals surface area contributed by atoms with E-state index in [1.165, 1.54) is 28.7 Å². The van der Waals surface area contributed by atoms with Crippen LogP contribution in [0, 0.1) is 0 Å². The summed E-state index contributed by atoms with van der Waals surface area (Å²) in [6.07, 6.45) is 4.92. The maximum absolute atomic E-state index is 3.77. The van der Waals surface area contributed by atoms with Gasteiger partial charge in [-0.25, -0.2) is 0 Å². The molecule has 0 amide bonds. The van der Waals surface area contributed by atoms with Crippen LogP contribution in [0.5, 0.6) is 0 Å². The van der Waals surface area contributed by atoms with Gasteiger partial charge in [-0.05, 0) is 41.0 Å². The molecule has 0 fully saturated rings. The van der Waals surface area contributed by atoms with Crippen molar-refractivity contribution in [3.63, 3.8) is 0 Å². The Morgan fingerprint density at radius 3 is 2.11 bits per heavy atom. The van der Waals surface area contributed by atoms with Crippen molar-refractivity contribution in [3.05, 3.63) is 72.1 Å². The standard InChI is InChI=1S/C20H24N2.C3H8.C2H6/c1-16(2)20-11-10-18(17-8-6-5-7-9-17)14-19(20)15-22(4)13-12-21-3;1-3-2;1-2/h5-14,16H,3,15H2,1-2,4H3;3H2,1-2H3;1-2H3/b13-12-;;. The fourth-order valence-corrected chi connectivity index (χ4v) is 2.60. The Morgan fingerprint density at radius 1 is 1.00 bits per heavy atom. The first-order valence-corrected chi connectivity index (χ1v) is 10.0. The molecule has 27 heavy (non-hydrogen) atoms. The van der Waals surface area contributed by atoms with Crippen molar-refractivity contribution in [2.75, 3.05) is 7.05 Å². The largest absolute Gasteiger partial charge is 0.375 e. The van der Waals surface area contributed by atoms with Gasteiger partial charge in [0.2, 0.25) is 0 Å². The molecule has 0 heterocycles. The highest BCUT2D eigenvalue weighted by molar-refractivity contribution is 5.65. The summed E-state index contributed by atoms with van der Waals surface area (Å²) >= 11 is 0. The second kappa shape index (κ2) is 14.8.